The molecule has 1 unspecified atom stereocenters. The number of ether oxygens (including phenoxy) is 1. The Labute approximate surface area is 184 Å². The normalized spacial score (nSPS) is 15.8. The molecule has 1 aliphatic rings. The van der Waals surface area contributed by atoms with Crippen LogP contribution >= 0.6 is 0 Å². The molecular weight excluding hydrogens is 408 g/mol. The summed E-state index contributed by atoms with van der Waals surface area (Å²) in [6.45, 7) is 0.914. The number of aryl methyl sites for hydroxylation is 1. The number of rotatable bonds is 5. The number of pyridine rings is 1. The van der Waals surface area contributed by atoms with Crippen molar-refractivity contribution in [3.63, 3.8) is 0 Å². The zero-order chi connectivity index (χ0) is 22.1. The third-order valence-corrected chi connectivity index (χ3v) is 5.89. The second-order valence-electron chi connectivity index (χ2n) is 7.95. The molecule has 1 aliphatic heterocycles. The van der Waals surface area contributed by atoms with Gasteiger partial charge in [0.15, 0.2) is 0 Å². The van der Waals surface area contributed by atoms with Gasteiger partial charge < -0.3 is 10.1 Å². The first-order valence-corrected chi connectivity index (χ1v) is 10.6. The van der Waals surface area contributed by atoms with Crippen molar-refractivity contribution in [2.45, 2.75) is 38.4 Å². The number of nitrogens with one attached hydrogen (secondary N) is 1. The maximum atomic E-state index is 12.9. The second kappa shape index (κ2) is 8.33. The fourth-order valence-corrected chi connectivity index (χ4v) is 4.19. The molecule has 0 saturated carbocycles. The Morgan fingerprint density at radius 3 is 3.00 bits per heavy atom. The minimum Gasteiger partial charge on any atom is -0.497 e. The number of carbonyl (C=O) groups excluding carboxylic acids is 1. The van der Waals surface area contributed by atoms with E-state index >= 15 is 0 Å². The van der Waals surface area contributed by atoms with Crippen LogP contribution in [-0.4, -0.2) is 43.0 Å². The van der Waals surface area contributed by atoms with Crippen LogP contribution in [0.25, 0.3) is 5.52 Å². The summed E-state index contributed by atoms with van der Waals surface area (Å²) in [5.74, 6) is 1.36. The predicted molar refractivity (Wildman–Crippen MR) is 118 cm³/mol. The van der Waals surface area contributed by atoms with Crippen LogP contribution in [0.1, 0.15) is 34.6 Å². The van der Waals surface area contributed by atoms with Gasteiger partial charge in [-0.25, -0.2) is 14.0 Å². The Hall–Kier alpha value is -3.88. The van der Waals surface area contributed by atoms with Gasteiger partial charge in [-0.1, -0.05) is 18.2 Å². The quantitative estimate of drug-likeness (QED) is 0.520. The number of hydrogen-bond donors (Lipinski definition) is 1. The maximum absolute atomic E-state index is 12.9. The molecule has 0 radical (unpaired) electrons. The molecule has 1 amide bonds. The Morgan fingerprint density at radius 2 is 2.12 bits per heavy atom. The van der Waals surface area contributed by atoms with E-state index in [2.05, 4.69) is 15.5 Å². The van der Waals surface area contributed by atoms with Gasteiger partial charge in [0.05, 0.1) is 30.9 Å². The summed E-state index contributed by atoms with van der Waals surface area (Å²) < 4.78 is 10.2. The van der Waals surface area contributed by atoms with Crippen LogP contribution in [0.2, 0.25) is 0 Å². The van der Waals surface area contributed by atoms with Crippen LogP contribution in [0.3, 0.4) is 0 Å². The van der Waals surface area contributed by atoms with Crippen LogP contribution in [0.5, 0.6) is 5.75 Å². The molecule has 0 bridgehead atoms. The van der Waals surface area contributed by atoms with Gasteiger partial charge >= 0.3 is 5.69 Å². The highest BCUT2D eigenvalue weighted by Gasteiger charge is 2.23. The lowest BCUT2D eigenvalue weighted by Gasteiger charge is -2.15. The Bertz CT molecular complexity index is 1340. The number of aromatic nitrogens is 5. The summed E-state index contributed by atoms with van der Waals surface area (Å²) in [4.78, 5) is 25.7. The molecule has 0 fully saturated rings. The van der Waals surface area contributed by atoms with Crippen molar-refractivity contribution in [1.82, 2.24) is 29.3 Å². The van der Waals surface area contributed by atoms with Gasteiger partial charge in [0.1, 0.15) is 11.6 Å². The van der Waals surface area contributed by atoms with E-state index in [1.165, 1.54) is 4.68 Å². The largest absolute Gasteiger partial charge is 0.497 e. The highest BCUT2D eigenvalue weighted by Crippen LogP contribution is 2.16. The standard InChI is InChI=1S/C23H24N6O3/c1-32-18-6-4-5-16(13-18)15-29-23(31)27-12-10-17(8-9-21(27)26-29)25-22(30)19-14-24-28-11-3-2-7-20(19)28/h2-7,11,13-14,17H,8-10,12,15H2,1H3,(H,25,30). The number of nitrogens with zero attached hydrogens (tertiary/aromatic N) is 5. The van der Waals surface area contributed by atoms with E-state index in [-0.39, 0.29) is 17.6 Å². The smallest absolute Gasteiger partial charge is 0.346 e. The van der Waals surface area contributed by atoms with Crippen LogP contribution in [0, 0.1) is 0 Å². The fraction of sp³-hybridized carbons (Fsp3) is 0.304. The van der Waals surface area contributed by atoms with Crippen molar-refractivity contribution in [2.75, 3.05) is 7.11 Å². The van der Waals surface area contributed by atoms with Crippen molar-refractivity contribution >= 4 is 11.4 Å². The molecule has 1 aromatic carbocycles. The SMILES string of the molecule is COc1cccc(Cn2nc3n(c2=O)CCC(NC(=O)c2cnn4ccccc24)CC3)c1. The molecule has 5 rings (SSSR count). The third kappa shape index (κ3) is 3.77. The van der Waals surface area contributed by atoms with Crippen molar-refractivity contribution in [3.8, 4) is 5.75 Å². The van der Waals surface area contributed by atoms with E-state index in [0.717, 1.165) is 29.1 Å². The lowest BCUT2D eigenvalue weighted by atomic mass is 10.1. The van der Waals surface area contributed by atoms with Crippen molar-refractivity contribution in [1.29, 1.82) is 0 Å². The highest BCUT2D eigenvalue weighted by molar-refractivity contribution is 6.00. The predicted octanol–water partition coefficient (Wildman–Crippen LogP) is 1.88. The lowest BCUT2D eigenvalue weighted by Crippen LogP contribution is -2.35. The van der Waals surface area contributed by atoms with Gasteiger partial charge in [0.25, 0.3) is 5.91 Å². The minimum atomic E-state index is -0.147. The van der Waals surface area contributed by atoms with E-state index in [9.17, 15) is 9.59 Å². The molecule has 32 heavy (non-hydrogen) atoms. The molecule has 9 heteroatoms. The Balaban J connectivity index is 1.27. The first-order valence-electron chi connectivity index (χ1n) is 10.6. The van der Waals surface area contributed by atoms with E-state index in [4.69, 9.17) is 4.74 Å². The number of carbonyl (C=O) groups is 1. The summed E-state index contributed by atoms with van der Waals surface area (Å²) >= 11 is 0. The van der Waals surface area contributed by atoms with E-state index < -0.39 is 0 Å². The lowest BCUT2D eigenvalue weighted by molar-refractivity contribution is 0.0934. The third-order valence-electron chi connectivity index (χ3n) is 5.89. The van der Waals surface area contributed by atoms with Crippen LogP contribution < -0.4 is 15.7 Å². The van der Waals surface area contributed by atoms with Gasteiger partial charge in [0.2, 0.25) is 0 Å². The maximum Gasteiger partial charge on any atom is 0.346 e. The summed E-state index contributed by atoms with van der Waals surface area (Å²) in [6, 6.07) is 13.2. The Morgan fingerprint density at radius 1 is 1.22 bits per heavy atom. The van der Waals surface area contributed by atoms with Gasteiger partial charge in [-0.15, -0.1) is 0 Å². The van der Waals surface area contributed by atoms with Gasteiger partial charge in [-0.2, -0.15) is 10.2 Å². The molecule has 4 heterocycles. The first kappa shape index (κ1) is 20.0. The molecule has 4 aromatic rings. The second-order valence-corrected chi connectivity index (χ2v) is 7.95. The average molecular weight is 432 g/mol. The van der Waals surface area contributed by atoms with Gasteiger partial charge in [0, 0.05) is 25.2 Å². The summed E-state index contributed by atoms with van der Waals surface area (Å²) in [5.41, 5.74) is 2.15. The van der Waals surface area contributed by atoms with Crippen molar-refractivity contribution in [3.05, 3.63) is 82.3 Å². The fourth-order valence-electron chi connectivity index (χ4n) is 4.19. The van der Waals surface area contributed by atoms with E-state index in [1.54, 1.807) is 22.4 Å². The van der Waals surface area contributed by atoms with Crippen LogP contribution in [0.15, 0.2) is 59.7 Å². The summed E-state index contributed by atoms with van der Waals surface area (Å²) in [5, 5.41) is 11.9. The number of amides is 1. The molecule has 0 spiro atoms. The molecule has 9 nitrogen and oxygen atoms in total. The number of benzene rings is 1. The Kier molecular flexibility index (Phi) is 5.22. The number of hydrogen-bond acceptors (Lipinski definition) is 5. The van der Waals surface area contributed by atoms with Crippen LogP contribution in [-0.2, 0) is 19.5 Å². The van der Waals surface area contributed by atoms with Gasteiger partial charge in [-0.3, -0.25) is 9.36 Å². The number of fused-ring (bicyclic) bond motifs is 2. The topological polar surface area (TPSA) is 95.5 Å². The van der Waals surface area contributed by atoms with Crippen LogP contribution in [0.4, 0.5) is 0 Å². The van der Waals surface area contributed by atoms with Gasteiger partial charge in [-0.05, 0) is 42.7 Å². The monoisotopic (exact) mass is 432 g/mol. The highest BCUT2D eigenvalue weighted by atomic mass is 16.5. The summed E-state index contributed by atoms with van der Waals surface area (Å²) in [6.07, 6.45) is 5.42. The average Bonchev–Trinajstić information content (AvgIpc) is 3.30. The minimum absolute atomic E-state index is 0.0332. The molecular formula is C23H24N6O3. The summed E-state index contributed by atoms with van der Waals surface area (Å²) in [7, 11) is 1.62. The van der Waals surface area contributed by atoms with E-state index in [1.807, 2.05) is 48.7 Å². The molecule has 0 saturated heterocycles. The van der Waals surface area contributed by atoms with Crippen molar-refractivity contribution in [2.24, 2.45) is 0 Å². The molecule has 164 valence electrons. The molecule has 1 atom stereocenters. The zero-order valence-electron chi connectivity index (χ0n) is 17.8. The van der Waals surface area contributed by atoms with E-state index in [0.29, 0.717) is 31.5 Å². The number of methoxy groups -OCH3 is 1. The molecule has 0 aliphatic carbocycles. The molecule has 3 aromatic heterocycles. The van der Waals surface area contributed by atoms with Crippen molar-refractivity contribution < 1.29 is 9.53 Å². The first-order chi connectivity index (χ1) is 15.6. The molecule has 1 N–H and O–H groups in total. The zero-order valence-corrected chi connectivity index (χ0v) is 17.8.